The van der Waals surface area contributed by atoms with E-state index in [1.807, 2.05) is 6.92 Å². The molecule has 0 spiro atoms. The molecule has 0 saturated carbocycles. The standard InChI is InChI=1S/C39H77NO5.CH4O4S/c1-4-7-9-11-13-15-17-19-21-23-25-27-29-31-38(41)44-35-33-37(40(43)6-3)34-36-45-39(42)32-30-28-26-24-22-20-18-16-14-12-10-8-5-2;1-5-6(2,3)4/h37,43H,4-36H2,1-3H3;1H3,(H,2,3,4). The molecule has 1 atom stereocenters. The molecule has 0 amide bonds. The van der Waals surface area contributed by atoms with Gasteiger partial charge in [-0.05, 0) is 19.8 Å². The molecule has 0 bridgehead atoms. The SMILES string of the molecule is CCCCCCCCCCCCCCCC(=O)OCCC(CCOC(=O)CCCCCCCCCCCCCCC)[NH+](O)CC.COS(=O)(=O)[O-]. The van der Waals surface area contributed by atoms with Crippen LogP contribution in [0, 0.1) is 0 Å². The molecule has 0 aromatic heterocycles. The summed E-state index contributed by atoms with van der Waals surface area (Å²) < 4.78 is 41.9. The maximum atomic E-state index is 12.2. The zero-order valence-corrected chi connectivity index (χ0v) is 34.3. The quantitative estimate of drug-likeness (QED) is 0.0209. The van der Waals surface area contributed by atoms with Crippen LogP contribution in [-0.2, 0) is 33.6 Å². The van der Waals surface area contributed by atoms with Crippen molar-refractivity contribution in [2.24, 2.45) is 0 Å². The lowest BCUT2D eigenvalue weighted by Crippen LogP contribution is -3.13. The van der Waals surface area contributed by atoms with Gasteiger partial charge in [0.1, 0.15) is 12.6 Å². The van der Waals surface area contributed by atoms with Gasteiger partial charge in [-0.15, -0.1) is 0 Å². The van der Waals surface area contributed by atoms with Gasteiger partial charge in [0.2, 0.25) is 10.4 Å². The fraction of sp³-hybridized carbons (Fsp3) is 0.950. The van der Waals surface area contributed by atoms with Crippen molar-refractivity contribution >= 4 is 22.3 Å². The minimum absolute atomic E-state index is 0.108. The second-order valence-corrected chi connectivity index (χ2v) is 15.3. The van der Waals surface area contributed by atoms with Crippen LogP contribution < -0.4 is 5.06 Å². The molecule has 11 heteroatoms. The lowest BCUT2D eigenvalue weighted by atomic mass is 10.0. The van der Waals surface area contributed by atoms with Crippen LogP contribution in [0.4, 0.5) is 0 Å². The normalized spacial score (nSPS) is 12.1. The molecule has 0 aliphatic heterocycles. The van der Waals surface area contributed by atoms with E-state index in [-0.39, 0.29) is 18.0 Å². The molecule has 2 N–H and O–H groups in total. The first-order valence-electron chi connectivity index (χ1n) is 21.0. The highest BCUT2D eigenvalue weighted by Gasteiger charge is 2.21. The summed E-state index contributed by atoms with van der Waals surface area (Å²) in [7, 11) is -3.60. The third-order valence-electron chi connectivity index (χ3n) is 9.47. The second kappa shape index (κ2) is 39.9. The Morgan fingerprint density at radius 3 is 1.04 bits per heavy atom. The predicted octanol–water partition coefficient (Wildman–Crippen LogP) is 9.57. The molecular formula is C40H81NO9S. The highest BCUT2D eigenvalue weighted by atomic mass is 32.3. The number of ether oxygens (including phenoxy) is 2. The van der Waals surface area contributed by atoms with Crippen LogP contribution in [0.2, 0.25) is 0 Å². The van der Waals surface area contributed by atoms with E-state index in [0.717, 1.165) is 32.8 Å². The van der Waals surface area contributed by atoms with Crippen molar-refractivity contribution in [3.63, 3.8) is 0 Å². The Morgan fingerprint density at radius 2 is 0.804 bits per heavy atom. The number of carbonyl (C=O) groups is 2. The smallest absolute Gasteiger partial charge is 0.305 e. The van der Waals surface area contributed by atoms with Gasteiger partial charge in [0.15, 0.2) is 0 Å². The van der Waals surface area contributed by atoms with Crippen LogP contribution in [0.5, 0.6) is 0 Å². The number of nitrogens with one attached hydrogen (secondary N) is 1. The number of hydrogen-bond donors (Lipinski definition) is 2. The largest absolute Gasteiger partial charge is 0.726 e. The van der Waals surface area contributed by atoms with E-state index >= 15 is 0 Å². The number of quaternary nitrogens is 1. The average molecular weight is 752 g/mol. The molecule has 0 aromatic carbocycles. The molecule has 1 unspecified atom stereocenters. The minimum Gasteiger partial charge on any atom is -0.726 e. The molecule has 0 heterocycles. The van der Waals surface area contributed by atoms with Crippen molar-refractivity contribution in [3.05, 3.63) is 0 Å². The lowest BCUT2D eigenvalue weighted by molar-refractivity contribution is -1.11. The molecule has 306 valence electrons. The van der Waals surface area contributed by atoms with Gasteiger partial charge in [0.25, 0.3) is 0 Å². The van der Waals surface area contributed by atoms with E-state index in [2.05, 4.69) is 18.0 Å². The summed E-state index contributed by atoms with van der Waals surface area (Å²) in [5.41, 5.74) is 0. The maximum absolute atomic E-state index is 12.2. The summed E-state index contributed by atoms with van der Waals surface area (Å²) in [6.07, 6.45) is 35.6. The van der Waals surface area contributed by atoms with E-state index < -0.39 is 10.4 Å². The van der Waals surface area contributed by atoms with E-state index in [9.17, 15) is 27.8 Å². The fourth-order valence-corrected chi connectivity index (χ4v) is 6.11. The fourth-order valence-electron chi connectivity index (χ4n) is 6.11. The highest BCUT2D eigenvalue weighted by molar-refractivity contribution is 7.80. The van der Waals surface area contributed by atoms with Gasteiger partial charge >= 0.3 is 11.9 Å². The lowest BCUT2D eigenvalue weighted by Gasteiger charge is -2.20. The van der Waals surface area contributed by atoms with Crippen molar-refractivity contribution < 1.29 is 46.5 Å². The topological polar surface area (TPSA) is 144 Å². The van der Waals surface area contributed by atoms with Crippen LogP contribution >= 0.6 is 0 Å². The Kier molecular flexibility index (Phi) is 40.6. The number of hydrogen-bond acceptors (Lipinski definition) is 9. The van der Waals surface area contributed by atoms with E-state index in [1.165, 1.54) is 141 Å². The van der Waals surface area contributed by atoms with Gasteiger partial charge in [-0.2, -0.15) is 5.06 Å². The summed E-state index contributed by atoms with van der Waals surface area (Å²) in [6.45, 7) is 7.62. The average Bonchev–Trinajstić information content (AvgIpc) is 3.11. The summed E-state index contributed by atoms with van der Waals surface area (Å²) in [6, 6.07) is -0.108. The number of hydroxylamine groups is 2. The molecule has 0 aliphatic rings. The van der Waals surface area contributed by atoms with Crippen LogP contribution in [0.25, 0.3) is 0 Å². The summed E-state index contributed by atoms with van der Waals surface area (Å²) in [5.74, 6) is -0.283. The Labute approximate surface area is 314 Å². The molecule has 51 heavy (non-hydrogen) atoms. The van der Waals surface area contributed by atoms with E-state index in [1.54, 1.807) is 0 Å². The molecule has 0 saturated heterocycles. The Morgan fingerprint density at radius 1 is 0.549 bits per heavy atom. The van der Waals surface area contributed by atoms with Crippen molar-refractivity contribution in [1.29, 1.82) is 0 Å². The Bertz CT molecular complexity index is 809. The van der Waals surface area contributed by atoms with Crippen LogP contribution in [-0.4, -0.2) is 63.0 Å². The van der Waals surface area contributed by atoms with Gasteiger partial charge in [-0.3, -0.25) is 13.8 Å². The summed E-state index contributed by atoms with van der Waals surface area (Å²) in [4.78, 5) is 24.3. The Balaban J connectivity index is 0. The van der Waals surface area contributed by atoms with E-state index in [4.69, 9.17) is 9.47 Å². The number of esters is 2. The van der Waals surface area contributed by atoms with Crippen molar-refractivity contribution in [1.82, 2.24) is 0 Å². The zero-order chi connectivity index (χ0) is 38.3. The molecule has 0 fully saturated rings. The van der Waals surface area contributed by atoms with Crippen molar-refractivity contribution in [3.8, 4) is 0 Å². The first-order chi connectivity index (χ1) is 24.6. The van der Waals surface area contributed by atoms with Gasteiger partial charge in [0.05, 0.1) is 20.3 Å². The molecule has 10 nitrogen and oxygen atoms in total. The van der Waals surface area contributed by atoms with Gasteiger partial charge < -0.3 is 14.0 Å². The van der Waals surface area contributed by atoms with Crippen molar-refractivity contribution in [2.75, 3.05) is 26.9 Å². The summed E-state index contributed by atoms with van der Waals surface area (Å²) in [5, 5.41) is 10.8. The van der Waals surface area contributed by atoms with Crippen LogP contribution in [0.1, 0.15) is 213 Å². The van der Waals surface area contributed by atoms with Crippen LogP contribution in [0.15, 0.2) is 0 Å². The van der Waals surface area contributed by atoms with E-state index in [0.29, 0.717) is 50.5 Å². The van der Waals surface area contributed by atoms with Crippen molar-refractivity contribution in [2.45, 2.75) is 219 Å². The molecule has 0 radical (unpaired) electrons. The summed E-state index contributed by atoms with van der Waals surface area (Å²) >= 11 is 0. The third-order valence-corrected chi connectivity index (χ3v) is 9.87. The molecular weight excluding hydrogens is 671 g/mol. The van der Waals surface area contributed by atoms with Gasteiger partial charge in [0, 0.05) is 25.7 Å². The first kappa shape index (κ1) is 51.8. The number of carbonyl (C=O) groups excluding carboxylic acids is 2. The molecule has 0 rings (SSSR count). The monoisotopic (exact) mass is 752 g/mol. The van der Waals surface area contributed by atoms with Crippen LogP contribution in [0.3, 0.4) is 0 Å². The van der Waals surface area contributed by atoms with Gasteiger partial charge in [-0.1, -0.05) is 168 Å². The maximum Gasteiger partial charge on any atom is 0.305 e. The third kappa shape index (κ3) is 43.0. The number of unbranched alkanes of at least 4 members (excludes halogenated alkanes) is 24. The second-order valence-electron chi connectivity index (χ2n) is 14.1. The Hall–Kier alpha value is -1.27. The van der Waals surface area contributed by atoms with Gasteiger partial charge in [-0.25, -0.2) is 13.6 Å². The first-order valence-corrected chi connectivity index (χ1v) is 22.3. The zero-order valence-electron chi connectivity index (χ0n) is 33.5. The highest BCUT2D eigenvalue weighted by Crippen LogP contribution is 2.15. The minimum atomic E-state index is -4.41. The predicted molar refractivity (Wildman–Crippen MR) is 206 cm³/mol. The molecule has 0 aliphatic carbocycles. The molecule has 0 aromatic rings. The number of rotatable bonds is 37.